The summed E-state index contributed by atoms with van der Waals surface area (Å²) in [5.74, 6) is -0.248. The second-order valence-corrected chi connectivity index (χ2v) is 4.89. The van der Waals surface area contributed by atoms with E-state index < -0.39 is 12.1 Å². The zero-order chi connectivity index (χ0) is 16.1. The molecule has 6 nitrogen and oxygen atoms in total. The highest BCUT2D eigenvalue weighted by atomic mass is 16.5. The number of aromatic nitrogens is 2. The summed E-state index contributed by atoms with van der Waals surface area (Å²) in [6, 6.07) is 9.25. The molecule has 1 aromatic carbocycles. The highest BCUT2D eigenvalue weighted by Crippen LogP contribution is 2.22. The lowest BCUT2D eigenvalue weighted by Crippen LogP contribution is -2.14. The van der Waals surface area contributed by atoms with Crippen LogP contribution < -0.4 is 5.73 Å². The van der Waals surface area contributed by atoms with Crippen LogP contribution in [0.15, 0.2) is 30.3 Å². The van der Waals surface area contributed by atoms with Crippen molar-refractivity contribution in [2.75, 3.05) is 12.3 Å². The average Bonchev–Trinajstić information content (AvgIpc) is 2.84. The van der Waals surface area contributed by atoms with Gasteiger partial charge in [-0.2, -0.15) is 5.10 Å². The number of hydrogen-bond donors (Lipinski definition) is 2. The molecule has 0 saturated heterocycles. The van der Waals surface area contributed by atoms with Gasteiger partial charge < -0.3 is 15.6 Å². The smallest absolute Gasteiger partial charge is 0.343 e. The SMILES string of the molecule is CCOC(=O)c1c(CC)nn(CC(O)c2ccccc2)c1N. The summed E-state index contributed by atoms with van der Waals surface area (Å²) in [5.41, 5.74) is 7.67. The first-order chi connectivity index (χ1) is 10.6. The first-order valence-corrected chi connectivity index (χ1v) is 7.33. The maximum absolute atomic E-state index is 12.0. The van der Waals surface area contributed by atoms with Crippen molar-refractivity contribution < 1.29 is 14.6 Å². The molecule has 1 heterocycles. The van der Waals surface area contributed by atoms with Gasteiger partial charge in [-0.1, -0.05) is 37.3 Å². The molecule has 22 heavy (non-hydrogen) atoms. The van der Waals surface area contributed by atoms with Crippen LogP contribution in [-0.2, 0) is 17.7 Å². The Morgan fingerprint density at radius 1 is 1.36 bits per heavy atom. The van der Waals surface area contributed by atoms with E-state index in [0.29, 0.717) is 17.7 Å². The number of aryl methyl sites for hydroxylation is 1. The summed E-state index contributed by atoms with van der Waals surface area (Å²) >= 11 is 0. The number of benzene rings is 1. The Kier molecular flexibility index (Phi) is 5.16. The van der Waals surface area contributed by atoms with E-state index >= 15 is 0 Å². The van der Waals surface area contributed by atoms with E-state index in [1.807, 2.05) is 37.3 Å². The van der Waals surface area contributed by atoms with E-state index in [2.05, 4.69) is 5.10 Å². The number of hydrogen-bond acceptors (Lipinski definition) is 5. The fourth-order valence-corrected chi connectivity index (χ4v) is 2.28. The minimum Gasteiger partial charge on any atom is -0.462 e. The monoisotopic (exact) mass is 303 g/mol. The second kappa shape index (κ2) is 7.09. The quantitative estimate of drug-likeness (QED) is 0.796. The normalized spacial score (nSPS) is 12.1. The Morgan fingerprint density at radius 2 is 2.05 bits per heavy atom. The molecule has 0 aliphatic rings. The third-order valence-electron chi connectivity index (χ3n) is 3.41. The number of anilines is 1. The average molecular weight is 303 g/mol. The lowest BCUT2D eigenvalue weighted by Gasteiger charge is -2.12. The van der Waals surface area contributed by atoms with Crippen LogP contribution in [0.2, 0.25) is 0 Å². The molecular formula is C16H21N3O3. The zero-order valence-electron chi connectivity index (χ0n) is 12.8. The molecule has 0 aliphatic carbocycles. The van der Waals surface area contributed by atoms with Crippen LogP contribution in [0.4, 0.5) is 5.82 Å². The number of carbonyl (C=O) groups is 1. The summed E-state index contributed by atoms with van der Waals surface area (Å²) in [6.07, 6.45) is -0.185. The van der Waals surface area contributed by atoms with Crippen LogP contribution in [0.5, 0.6) is 0 Å². The molecule has 0 bridgehead atoms. The predicted octanol–water partition coefficient (Wildman–Crippen LogP) is 1.94. The number of aliphatic hydroxyl groups excluding tert-OH is 1. The Hall–Kier alpha value is -2.34. The van der Waals surface area contributed by atoms with Crippen molar-refractivity contribution in [1.29, 1.82) is 0 Å². The van der Waals surface area contributed by atoms with Crippen molar-refractivity contribution in [3.05, 3.63) is 47.2 Å². The third kappa shape index (κ3) is 3.28. The van der Waals surface area contributed by atoms with Crippen LogP contribution in [0, 0.1) is 0 Å². The highest BCUT2D eigenvalue weighted by Gasteiger charge is 2.23. The molecule has 0 spiro atoms. The maximum atomic E-state index is 12.0. The molecule has 2 rings (SSSR count). The molecule has 0 amide bonds. The fourth-order valence-electron chi connectivity index (χ4n) is 2.28. The lowest BCUT2D eigenvalue weighted by molar-refractivity contribution is 0.0526. The van der Waals surface area contributed by atoms with Gasteiger partial charge in [0, 0.05) is 0 Å². The number of rotatable bonds is 6. The van der Waals surface area contributed by atoms with Crippen molar-refractivity contribution in [3.8, 4) is 0 Å². The van der Waals surface area contributed by atoms with Crippen molar-refractivity contribution in [1.82, 2.24) is 9.78 Å². The standard InChI is InChI=1S/C16H21N3O3/c1-3-12-14(16(21)22-4-2)15(17)19(18-12)10-13(20)11-8-6-5-7-9-11/h5-9,13,20H,3-4,10,17H2,1-2H3. The first kappa shape index (κ1) is 16.0. The number of ether oxygens (including phenoxy) is 1. The molecule has 0 saturated carbocycles. The van der Waals surface area contributed by atoms with Gasteiger partial charge in [-0.15, -0.1) is 0 Å². The molecule has 0 fully saturated rings. The van der Waals surface area contributed by atoms with Gasteiger partial charge >= 0.3 is 5.97 Å². The summed E-state index contributed by atoms with van der Waals surface area (Å²) in [4.78, 5) is 12.0. The van der Waals surface area contributed by atoms with Gasteiger partial charge in [0.2, 0.25) is 0 Å². The van der Waals surface area contributed by atoms with Crippen LogP contribution in [0.3, 0.4) is 0 Å². The summed E-state index contributed by atoms with van der Waals surface area (Å²) in [7, 11) is 0. The van der Waals surface area contributed by atoms with E-state index in [-0.39, 0.29) is 19.0 Å². The van der Waals surface area contributed by atoms with Gasteiger partial charge in [-0.05, 0) is 18.9 Å². The van der Waals surface area contributed by atoms with Gasteiger partial charge in [0.15, 0.2) is 0 Å². The van der Waals surface area contributed by atoms with Crippen LogP contribution >= 0.6 is 0 Å². The molecule has 1 aromatic heterocycles. The Labute approximate surface area is 129 Å². The van der Waals surface area contributed by atoms with Gasteiger partial charge in [-0.3, -0.25) is 0 Å². The van der Waals surface area contributed by atoms with Crippen molar-refractivity contribution in [2.24, 2.45) is 0 Å². The van der Waals surface area contributed by atoms with Crippen LogP contribution in [0.25, 0.3) is 0 Å². The van der Waals surface area contributed by atoms with Crippen LogP contribution in [0.1, 0.15) is 41.6 Å². The Morgan fingerprint density at radius 3 is 2.64 bits per heavy atom. The fraction of sp³-hybridized carbons (Fsp3) is 0.375. The molecular weight excluding hydrogens is 282 g/mol. The molecule has 3 N–H and O–H groups in total. The number of carbonyl (C=O) groups excluding carboxylic acids is 1. The molecule has 6 heteroatoms. The third-order valence-corrected chi connectivity index (χ3v) is 3.41. The summed E-state index contributed by atoms with van der Waals surface area (Å²) in [6.45, 7) is 4.09. The highest BCUT2D eigenvalue weighted by molar-refractivity contribution is 5.95. The van der Waals surface area contributed by atoms with Crippen molar-refractivity contribution >= 4 is 11.8 Å². The maximum Gasteiger partial charge on any atom is 0.343 e. The minimum atomic E-state index is -0.747. The molecule has 118 valence electrons. The van der Waals surface area contributed by atoms with Gasteiger partial charge in [-0.25, -0.2) is 9.48 Å². The second-order valence-electron chi connectivity index (χ2n) is 4.89. The summed E-state index contributed by atoms with van der Waals surface area (Å²) < 4.78 is 6.48. The molecule has 1 atom stereocenters. The van der Waals surface area contributed by atoms with E-state index in [4.69, 9.17) is 10.5 Å². The van der Waals surface area contributed by atoms with Gasteiger partial charge in [0.05, 0.1) is 24.9 Å². The minimum absolute atomic E-state index is 0.183. The number of nitrogen functional groups attached to an aromatic ring is 1. The number of esters is 1. The topological polar surface area (TPSA) is 90.4 Å². The number of aliphatic hydroxyl groups is 1. The van der Waals surface area contributed by atoms with Crippen molar-refractivity contribution in [2.45, 2.75) is 32.9 Å². The first-order valence-electron chi connectivity index (χ1n) is 7.33. The van der Waals surface area contributed by atoms with Crippen LogP contribution in [-0.4, -0.2) is 27.5 Å². The van der Waals surface area contributed by atoms with Gasteiger partial charge in [0.1, 0.15) is 11.4 Å². The molecule has 0 radical (unpaired) electrons. The van der Waals surface area contributed by atoms with Gasteiger partial charge in [0.25, 0.3) is 0 Å². The molecule has 2 aromatic rings. The molecule has 1 unspecified atom stereocenters. The zero-order valence-corrected chi connectivity index (χ0v) is 12.8. The van der Waals surface area contributed by atoms with E-state index in [0.717, 1.165) is 5.56 Å². The largest absolute Gasteiger partial charge is 0.462 e. The predicted molar refractivity (Wildman–Crippen MR) is 83.4 cm³/mol. The van der Waals surface area contributed by atoms with E-state index in [9.17, 15) is 9.90 Å². The van der Waals surface area contributed by atoms with E-state index in [1.165, 1.54) is 4.68 Å². The summed E-state index contributed by atoms with van der Waals surface area (Å²) in [5, 5.41) is 14.6. The van der Waals surface area contributed by atoms with E-state index in [1.54, 1.807) is 6.92 Å². The Balaban J connectivity index is 2.27. The van der Waals surface area contributed by atoms with Crippen molar-refractivity contribution in [3.63, 3.8) is 0 Å². The lowest BCUT2D eigenvalue weighted by atomic mass is 10.1. The molecule has 0 aliphatic heterocycles. The number of nitrogens with two attached hydrogens (primary N) is 1. The Bertz CT molecular complexity index is 638. The number of nitrogens with zero attached hydrogens (tertiary/aromatic N) is 2.